The minimum Gasteiger partial charge on any atom is -0.350 e. The van der Waals surface area contributed by atoms with E-state index < -0.39 is 7.82 Å². The zero-order chi connectivity index (χ0) is 9.61. The van der Waals surface area contributed by atoms with Crippen LogP contribution in [0, 0.1) is 17.9 Å². The Kier molecular flexibility index (Phi) is 5.00. The Morgan fingerprint density at radius 3 is 2.08 bits per heavy atom. The number of phosphoric ester groups is 1. The second-order valence-corrected chi connectivity index (χ2v) is 4.11. The lowest BCUT2D eigenvalue weighted by Gasteiger charge is -2.07. The fourth-order valence-corrected chi connectivity index (χ4v) is 0.812. The van der Waals surface area contributed by atoms with E-state index in [1.54, 1.807) is 0 Å². The average Bonchev–Trinajstić information content (AvgIpc) is 2.03. The highest BCUT2D eigenvalue weighted by Crippen LogP contribution is 2.46. The van der Waals surface area contributed by atoms with Crippen molar-refractivity contribution in [3.63, 3.8) is 0 Å². The molecule has 4 nitrogen and oxygen atoms in total. The summed E-state index contributed by atoms with van der Waals surface area (Å²) in [5, 5.41) is 0. The fraction of sp³-hybridized carbons (Fsp3) is 0.714. The predicted molar refractivity (Wildman–Crippen MR) is 45.3 cm³/mol. The van der Waals surface area contributed by atoms with E-state index in [4.69, 9.17) is 0 Å². The molecule has 0 aromatic heterocycles. The molecule has 0 aliphatic rings. The first-order chi connectivity index (χ1) is 5.54. The van der Waals surface area contributed by atoms with Crippen LogP contribution in [0.4, 0.5) is 0 Å². The van der Waals surface area contributed by atoms with E-state index >= 15 is 0 Å². The molecule has 0 heterocycles. The molecule has 0 aromatic carbocycles. The van der Waals surface area contributed by atoms with Crippen molar-refractivity contribution in [1.82, 2.24) is 0 Å². The highest BCUT2D eigenvalue weighted by Gasteiger charge is 2.22. The van der Waals surface area contributed by atoms with Gasteiger partial charge in [0.2, 0.25) is 0 Å². The molecule has 0 radical (unpaired) electrons. The van der Waals surface area contributed by atoms with E-state index in [1.807, 2.05) is 13.8 Å². The fourth-order valence-electron chi connectivity index (χ4n) is 0.349. The van der Waals surface area contributed by atoms with Crippen molar-refractivity contribution in [2.24, 2.45) is 5.92 Å². The molecule has 0 aromatic rings. The summed E-state index contributed by atoms with van der Waals surface area (Å²) in [5.74, 6) is 2.82. The number of hydrogen-bond acceptors (Lipinski definition) is 4. The van der Waals surface area contributed by atoms with Crippen LogP contribution in [0.15, 0.2) is 0 Å². The van der Waals surface area contributed by atoms with Crippen molar-refractivity contribution in [3.05, 3.63) is 0 Å². The van der Waals surface area contributed by atoms with Crippen LogP contribution >= 0.6 is 7.82 Å². The summed E-state index contributed by atoms with van der Waals surface area (Å²) in [6.07, 6.45) is 2.26. The minimum absolute atomic E-state index is 0.159. The Morgan fingerprint density at radius 1 is 1.25 bits per heavy atom. The molecule has 0 aliphatic carbocycles. The van der Waals surface area contributed by atoms with Gasteiger partial charge < -0.3 is 4.52 Å². The zero-order valence-corrected chi connectivity index (χ0v) is 8.55. The SMILES string of the molecule is COP(=O)(OC)OC#CC(C)C. The Balaban J connectivity index is 4.09. The molecule has 0 fully saturated rings. The van der Waals surface area contributed by atoms with Gasteiger partial charge >= 0.3 is 7.82 Å². The quantitative estimate of drug-likeness (QED) is 0.507. The monoisotopic (exact) mass is 192 g/mol. The van der Waals surface area contributed by atoms with E-state index in [2.05, 4.69) is 25.6 Å². The largest absolute Gasteiger partial charge is 0.538 e. The van der Waals surface area contributed by atoms with Crippen LogP contribution in [-0.2, 0) is 18.1 Å². The van der Waals surface area contributed by atoms with Crippen molar-refractivity contribution in [3.8, 4) is 12.0 Å². The van der Waals surface area contributed by atoms with E-state index in [0.29, 0.717) is 0 Å². The van der Waals surface area contributed by atoms with Gasteiger partial charge in [-0.15, -0.1) is 0 Å². The van der Waals surface area contributed by atoms with Gasteiger partial charge in [0, 0.05) is 20.1 Å². The summed E-state index contributed by atoms with van der Waals surface area (Å²) < 4.78 is 24.7. The maximum atomic E-state index is 11.2. The molecule has 0 atom stereocenters. The van der Waals surface area contributed by atoms with Crippen LogP contribution in [0.25, 0.3) is 0 Å². The van der Waals surface area contributed by atoms with Crippen LogP contribution in [-0.4, -0.2) is 14.2 Å². The topological polar surface area (TPSA) is 44.8 Å². The van der Waals surface area contributed by atoms with E-state index in [0.717, 1.165) is 0 Å². The van der Waals surface area contributed by atoms with Crippen molar-refractivity contribution in [1.29, 1.82) is 0 Å². The molecular weight excluding hydrogens is 179 g/mol. The van der Waals surface area contributed by atoms with Crippen molar-refractivity contribution >= 4 is 7.82 Å². The zero-order valence-electron chi connectivity index (χ0n) is 7.66. The summed E-state index contributed by atoms with van der Waals surface area (Å²) in [6, 6.07) is 0. The molecule has 0 saturated carbocycles. The van der Waals surface area contributed by atoms with Gasteiger partial charge in [-0.3, -0.25) is 9.05 Å². The smallest absolute Gasteiger partial charge is 0.350 e. The van der Waals surface area contributed by atoms with Gasteiger partial charge in [0.15, 0.2) is 0 Å². The third kappa shape index (κ3) is 4.40. The predicted octanol–water partition coefficient (Wildman–Crippen LogP) is 2.02. The molecular formula is C7H13O4P. The van der Waals surface area contributed by atoms with Gasteiger partial charge in [-0.25, -0.2) is 4.57 Å². The molecule has 70 valence electrons. The maximum Gasteiger partial charge on any atom is 0.538 e. The standard InChI is InChI=1S/C7H13O4P/c1-7(2)5-6-11-12(8,9-3)10-4/h7H,1-4H3. The molecule has 12 heavy (non-hydrogen) atoms. The molecule has 0 bridgehead atoms. The molecule has 0 unspecified atom stereocenters. The van der Waals surface area contributed by atoms with Gasteiger partial charge in [0.05, 0.1) is 0 Å². The van der Waals surface area contributed by atoms with Crippen molar-refractivity contribution in [2.75, 3.05) is 14.2 Å². The lowest BCUT2D eigenvalue weighted by Crippen LogP contribution is -1.90. The highest BCUT2D eigenvalue weighted by molar-refractivity contribution is 7.48. The van der Waals surface area contributed by atoms with Crippen LogP contribution < -0.4 is 0 Å². The summed E-state index contributed by atoms with van der Waals surface area (Å²) in [7, 11) is -0.936. The van der Waals surface area contributed by atoms with Crippen LogP contribution in [0.3, 0.4) is 0 Å². The van der Waals surface area contributed by atoms with Gasteiger partial charge in [-0.2, -0.15) is 0 Å². The maximum absolute atomic E-state index is 11.2. The van der Waals surface area contributed by atoms with Gasteiger partial charge in [-0.1, -0.05) is 19.8 Å². The second kappa shape index (κ2) is 5.21. The molecule has 0 rings (SSSR count). The number of phosphoric acid groups is 1. The number of rotatable bonds is 3. The summed E-state index contributed by atoms with van der Waals surface area (Å²) >= 11 is 0. The molecule has 5 heteroatoms. The Hall–Kier alpha value is -0.490. The minimum atomic E-state index is -3.41. The van der Waals surface area contributed by atoms with E-state index in [-0.39, 0.29) is 5.92 Å². The molecule has 0 saturated heterocycles. The molecule has 0 N–H and O–H groups in total. The molecule has 0 amide bonds. The van der Waals surface area contributed by atoms with Crippen LogP contribution in [0.5, 0.6) is 0 Å². The third-order valence-corrected chi connectivity index (χ3v) is 2.16. The Bertz CT molecular complexity index is 217. The lowest BCUT2D eigenvalue weighted by molar-refractivity contribution is 0.201. The Morgan fingerprint density at radius 2 is 1.75 bits per heavy atom. The van der Waals surface area contributed by atoms with Gasteiger partial charge in [0.25, 0.3) is 0 Å². The van der Waals surface area contributed by atoms with Crippen molar-refractivity contribution in [2.45, 2.75) is 13.8 Å². The first-order valence-electron chi connectivity index (χ1n) is 3.44. The Labute approximate surface area is 72.8 Å². The molecule has 0 aliphatic heterocycles. The molecule has 0 spiro atoms. The first-order valence-corrected chi connectivity index (χ1v) is 4.90. The summed E-state index contributed by atoms with van der Waals surface area (Å²) in [6.45, 7) is 3.78. The highest BCUT2D eigenvalue weighted by atomic mass is 31.2. The van der Waals surface area contributed by atoms with E-state index in [1.165, 1.54) is 14.2 Å². The summed E-state index contributed by atoms with van der Waals surface area (Å²) in [5.41, 5.74) is 0. The number of hydrogen-bond donors (Lipinski definition) is 0. The lowest BCUT2D eigenvalue weighted by atomic mass is 10.2. The van der Waals surface area contributed by atoms with Crippen LogP contribution in [0.2, 0.25) is 0 Å². The van der Waals surface area contributed by atoms with Crippen molar-refractivity contribution < 1.29 is 18.1 Å². The van der Waals surface area contributed by atoms with Crippen LogP contribution in [0.1, 0.15) is 13.8 Å². The normalized spacial score (nSPS) is 10.8. The van der Waals surface area contributed by atoms with Gasteiger partial charge in [-0.05, 0) is 0 Å². The van der Waals surface area contributed by atoms with Gasteiger partial charge in [0.1, 0.15) is 6.11 Å². The van der Waals surface area contributed by atoms with E-state index in [9.17, 15) is 4.57 Å². The average molecular weight is 192 g/mol. The first kappa shape index (κ1) is 11.5. The second-order valence-electron chi connectivity index (χ2n) is 2.30. The summed E-state index contributed by atoms with van der Waals surface area (Å²) in [4.78, 5) is 0. The third-order valence-electron chi connectivity index (χ3n) is 0.952.